The van der Waals surface area contributed by atoms with Gasteiger partial charge in [0.25, 0.3) is 0 Å². The Bertz CT molecular complexity index is 415. The first-order valence-electron chi connectivity index (χ1n) is 14.2. The molecule has 0 saturated heterocycles. The summed E-state index contributed by atoms with van der Waals surface area (Å²) in [5.41, 5.74) is 0. The predicted molar refractivity (Wildman–Crippen MR) is 146 cm³/mol. The van der Waals surface area contributed by atoms with E-state index in [9.17, 15) is 4.79 Å². The molecule has 0 atom stereocenters. The van der Waals surface area contributed by atoms with Gasteiger partial charge in [0.1, 0.15) is 0 Å². The lowest BCUT2D eigenvalue weighted by Crippen LogP contribution is -1.99. The molecule has 196 valence electrons. The third-order valence-electron chi connectivity index (χ3n) is 5.65. The molecule has 1 N–H and O–H groups in total. The molecule has 0 aliphatic carbocycles. The van der Waals surface area contributed by atoms with Crippen LogP contribution in [0.25, 0.3) is 0 Å². The van der Waals surface area contributed by atoms with Crippen LogP contribution in [-0.2, 0) is 9.53 Å². The van der Waals surface area contributed by atoms with E-state index >= 15 is 0 Å². The molecule has 0 aromatic rings. The van der Waals surface area contributed by atoms with Gasteiger partial charge in [-0.2, -0.15) is 0 Å². The Balaban J connectivity index is 0. The van der Waals surface area contributed by atoms with E-state index in [0.717, 1.165) is 12.8 Å². The maximum atomic E-state index is 10.5. The zero-order chi connectivity index (χ0) is 24.7. The molecule has 0 aromatic carbocycles. The summed E-state index contributed by atoms with van der Waals surface area (Å²) in [4.78, 5) is 10.5. The summed E-state index contributed by atoms with van der Waals surface area (Å²) in [7, 11) is 0. The van der Waals surface area contributed by atoms with E-state index in [4.69, 9.17) is 9.84 Å². The molecular weight excluding hydrogens is 408 g/mol. The van der Waals surface area contributed by atoms with Crippen LogP contribution in [0, 0.1) is 0 Å². The molecule has 0 bridgehead atoms. The largest absolute Gasteiger partial charge is 0.466 e. The lowest BCUT2D eigenvalue weighted by atomic mass is 10.1. The van der Waals surface area contributed by atoms with Crippen molar-refractivity contribution in [1.29, 1.82) is 0 Å². The number of ether oxygens (including phenoxy) is 1. The number of unbranched alkanes of at least 4 members (excludes halogenated alkanes) is 16. The van der Waals surface area contributed by atoms with E-state index in [0.29, 0.717) is 6.61 Å². The molecule has 0 aromatic heterocycles. The average Bonchev–Trinajstić information content (AvgIpc) is 2.81. The number of aliphatic hydroxyl groups excluding tert-OH is 1. The maximum absolute atomic E-state index is 10.5. The van der Waals surface area contributed by atoms with Crippen LogP contribution < -0.4 is 0 Å². The molecule has 0 rings (SSSR count). The van der Waals surface area contributed by atoms with Gasteiger partial charge in [0.2, 0.25) is 0 Å². The van der Waals surface area contributed by atoms with Gasteiger partial charge in [0.15, 0.2) is 0 Å². The normalized spacial score (nSPS) is 11.2. The van der Waals surface area contributed by atoms with Crippen LogP contribution >= 0.6 is 0 Å². The number of esters is 1. The molecule has 0 aliphatic rings. The standard InChI is InChI=1S/C18H34O2.C12H24O/c1-3-4-5-6-7-8-9-10-11-12-13-14-15-16-17-20-18(2)19;1-2-3-4-5-6-7-8-9-10-11-12-13/h10-11H,3-9,12-17H2,1-2H3;9-10,13H,2-8,11-12H2,1H3/b11-10+;10-9-. The molecule has 0 spiro atoms. The van der Waals surface area contributed by atoms with Crippen LogP contribution in [-0.4, -0.2) is 24.3 Å². The number of allylic oxidation sites excluding steroid dienone is 3. The second-order valence-corrected chi connectivity index (χ2v) is 9.11. The first-order valence-corrected chi connectivity index (χ1v) is 14.2. The first kappa shape index (κ1) is 34.1. The van der Waals surface area contributed by atoms with Crippen molar-refractivity contribution in [3.8, 4) is 0 Å². The fourth-order valence-corrected chi connectivity index (χ4v) is 3.56. The van der Waals surface area contributed by atoms with Crippen LogP contribution in [0.5, 0.6) is 0 Å². The number of hydrogen-bond donors (Lipinski definition) is 1. The quantitative estimate of drug-likeness (QED) is 0.0926. The van der Waals surface area contributed by atoms with Gasteiger partial charge in [-0.25, -0.2) is 0 Å². The highest BCUT2D eigenvalue weighted by molar-refractivity contribution is 5.65. The van der Waals surface area contributed by atoms with E-state index in [-0.39, 0.29) is 12.6 Å². The third kappa shape index (κ3) is 38.5. The summed E-state index contributed by atoms with van der Waals surface area (Å²) >= 11 is 0. The minimum absolute atomic E-state index is 0.164. The van der Waals surface area contributed by atoms with E-state index < -0.39 is 0 Å². The Hall–Kier alpha value is -1.09. The minimum Gasteiger partial charge on any atom is -0.466 e. The molecule has 33 heavy (non-hydrogen) atoms. The Morgan fingerprint density at radius 2 is 0.939 bits per heavy atom. The van der Waals surface area contributed by atoms with E-state index in [1.165, 1.54) is 122 Å². The van der Waals surface area contributed by atoms with E-state index in [1.54, 1.807) is 0 Å². The number of carbonyl (C=O) groups is 1. The first-order chi connectivity index (χ1) is 16.2. The lowest BCUT2D eigenvalue weighted by Gasteiger charge is -2.01. The van der Waals surface area contributed by atoms with Gasteiger partial charge in [-0.05, 0) is 51.4 Å². The van der Waals surface area contributed by atoms with Gasteiger partial charge in [0, 0.05) is 13.5 Å². The van der Waals surface area contributed by atoms with Crippen molar-refractivity contribution in [2.75, 3.05) is 13.2 Å². The summed E-state index contributed by atoms with van der Waals surface area (Å²) in [6.45, 7) is 6.85. The Morgan fingerprint density at radius 3 is 1.33 bits per heavy atom. The summed E-state index contributed by atoms with van der Waals surface area (Å²) in [6.07, 6.45) is 34.5. The van der Waals surface area contributed by atoms with Crippen LogP contribution in [0.1, 0.15) is 149 Å². The Labute approximate surface area is 207 Å². The number of hydrogen-bond acceptors (Lipinski definition) is 3. The van der Waals surface area contributed by atoms with Gasteiger partial charge in [-0.3, -0.25) is 4.79 Å². The van der Waals surface area contributed by atoms with Crippen molar-refractivity contribution in [2.24, 2.45) is 0 Å². The second-order valence-electron chi connectivity index (χ2n) is 9.11. The number of aliphatic hydroxyl groups is 1. The summed E-state index contributed by atoms with van der Waals surface area (Å²) < 4.78 is 4.90. The molecule has 0 aliphatic heterocycles. The zero-order valence-electron chi connectivity index (χ0n) is 22.6. The highest BCUT2D eigenvalue weighted by Gasteiger charge is 1.93. The monoisotopic (exact) mass is 466 g/mol. The molecule has 0 radical (unpaired) electrons. The summed E-state index contributed by atoms with van der Waals surface area (Å²) in [6, 6.07) is 0. The fourth-order valence-electron chi connectivity index (χ4n) is 3.56. The highest BCUT2D eigenvalue weighted by atomic mass is 16.5. The summed E-state index contributed by atoms with van der Waals surface area (Å²) in [5, 5.41) is 8.51. The Morgan fingerprint density at radius 1 is 0.576 bits per heavy atom. The molecule has 0 heterocycles. The molecule has 0 fully saturated rings. The topological polar surface area (TPSA) is 46.5 Å². The van der Waals surface area contributed by atoms with Crippen molar-refractivity contribution in [3.63, 3.8) is 0 Å². The molecule has 3 nitrogen and oxygen atoms in total. The van der Waals surface area contributed by atoms with Crippen molar-refractivity contribution in [3.05, 3.63) is 24.3 Å². The van der Waals surface area contributed by atoms with Gasteiger partial charge >= 0.3 is 5.97 Å². The fraction of sp³-hybridized carbons (Fsp3) is 0.833. The van der Waals surface area contributed by atoms with E-state index in [1.807, 2.05) is 0 Å². The second kappa shape index (κ2) is 33.1. The summed E-state index contributed by atoms with van der Waals surface area (Å²) in [5.74, 6) is -0.164. The van der Waals surface area contributed by atoms with Gasteiger partial charge in [-0.15, -0.1) is 0 Å². The van der Waals surface area contributed by atoms with Crippen molar-refractivity contribution in [1.82, 2.24) is 0 Å². The van der Waals surface area contributed by atoms with Crippen LogP contribution in [0.4, 0.5) is 0 Å². The minimum atomic E-state index is -0.164. The Kier molecular flexibility index (Phi) is 34.2. The predicted octanol–water partition coefficient (Wildman–Crippen LogP) is 9.48. The number of rotatable bonds is 23. The highest BCUT2D eigenvalue weighted by Crippen LogP contribution is 2.09. The zero-order valence-corrected chi connectivity index (χ0v) is 22.6. The third-order valence-corrected chi connectivity index (χ3v) is 5.65. The molecule has 0 amide bonds. The van der Waals surface area contributed by atoms with Gasteiger partial charge in [-0.1, -0.05) is 115 Å². The van der Waals surface area contributed by atoms with Crippen LogP contribution in [0.2, 0.25) is 0 Å². The smallest absolute Gasteiger partial charge is 0.302 e. The van der Waals surface area contributed by atoms with Crippen LogP contribution in [0.3, 0.4) is 0 Å². The molecule has 0 saturated carbocycles. The van der Waals surface area contributed by atoms with Crippen LogP contribution in [0.15, 0.2) is 24.3 Å². The maximum Gasteiger partial charge on any atom is 0.302 e. The molecule has 0 unspecified atom stereocenters. The lowest BCUT2D eigenvalue weighted by molar-refractivity contribution is -0.141. The van der Waals surface area contributed by atoms with Crippen molar-refractivity contribution < 1.29 is 14.6 Å². The van der Waals surface area contributed by atoms with Gasteiger partial charge < -0.3 is 9.84 Å². The average molecular weight is 467 g/mol. The van der Waals surface area contributed by atoms with E-state index in [2.05, 4.69) is 38.2 Å². The van der Waals surface area contributed by atoms with Crippen molar-refractivity contribution >= 4 is 5.97 Å². The van der Waals surface area contributed by atoms with Crippen molar-refractivity contribution in [2.45, 2.75) is 149 Å². The number of carbonyl (C=O) groups excluding carboxylic acids is 1. The molecular formula is C30H58O3. The molecule has 3 heteroatoms. The van der Waals surface area contributed by atoms with Gasteiger partial charge in [0.05, 0.1) is 6.61 Å². The SMILES string of the molecule is CCCCCCCC/C=C/CCCCCCOC(C)=O.CCCCCCCC/C=C\CCO.